The lowest BCUT2D eigenvalue weighted by molar-refractivity contribution is -0.147. The molecule has 0 saturated carbocycles. The highest BCUT2D eigenvalue weighted by molar-refractivity contribution is 5.86. The molecule has 0 rings (SSSR count). The number of nitrogens with one attached hydrogen (secondary N) is 2. The molecule has 0 aliphatic rings. The first-order valence-electron chi connectivity index (χ1n) is 5.92. The molecule has 1 atom stereocenters. The van der Waals surface area contributed by atoms with Crippen molar-refractivity contribution in [1.82, 2.24) is 10.6 Å². The molecule has 2 amide bonds. The second-order valence-electron chi connectivity index (χ2n) is 3.68. The van der Waals surface area contributed by atoms with Gasteiger partial charge in [-0.3, -0.25) is 4.79 Å². The predicted octanol–water partition coefficient (Wildman–Crippen LogP) is -1.04. The highest BCUT2D eigenvalue weighted by atomic mass is 16.5. The van der Waals surface area contributed by atoms with Crippen LogP contribution in [0.15, 0.2) is 0 Å². The number of hydrogen-bond donors (Lipinski definition) is 3. The predicted molar refractivity (Wildman–Crippen MR) is 67.3 cm³/mol. The van der Waals surface area contributed by atoms with Crippen molar-refractivity contribution in [3.8, 4) is 0 Å². The zero-order chi connectivity index (χ0) is 15.4. The van der Waals surface area contributed by atoms with Crippen LogP contribution in [0.1, 0.15) is 6.42 Å². The molecule has 20 heavy (non-hydrogen) atoms. The Kier molecular flexibility index (Phi) is 9.97. The van der Waals surface area contributed by atoms with Gasteiger partial charge in [-0.2, -0.15) is 0 Å². The van der Waals surface area contributed by atoms with E-state index >= 15 is 0 Å². The van der Waals surface area contributed by atoms with E-state index in [9.17, 15) is 14.4 Å². The molecular formula is C11H20N2O7. The average Bonchev–Trinajstić information content (AvgIpc) is 2.41. The van der Waals surface area contributed by atoms with E-state index in [2.05, 4.69) is 15.4 Å². The van der Waals surface area contributed by atoms with E-state index in [4.69, 9.17) is 14.6 Å². The number of carbonyl (C=O) groups excluding carboxylic acids is 2. The van der Waals surface area contributed by atoms with Gasteiger partial charge < -0.3 is 30.0 Å². The van der Waals surface area contributed by atoms with E-state index in [1.807, 2.05) is 0 Å². The highest BCUT2D eigenvalue weighted by Crippen LogP contribution is 1.94. The van der Waals surface area contributed by atoms with Crippen molar-refractivity contribution in [3.63, 3.8) is 0 Å². The van der Waals surface area contributed by atoms with Crippen LogP contribution in [-0.2, 0) is 23.8 Å². The maximum atomic E-state index is 11.4. The standard InChI is InChI=1S/C11H20N2O7/c1-18-5-6-20-4-3-12-11(17)13-8(10(15)16)7-9(14)19-2/h8H,3-7H2,1-2H3,(H,15,16)(H2,12,13,17)/t8-/m0/s1. The summed E-state index contributed by atoms with van der Waals surface area (Å²) >= 11 is 0. The van der Waals surface area contributed by atoms with Crippen LogP contribution in [0, 0.1) is 0 Å². The van der Waals surface area contributed by atoms with Gasteiger partial charge in [-0.1, -0.05) is 0 Å². The van der Waals surface area contributed by atoms with Crippen molar-refractivity contribution in [2.75, 3.05) is 40.6 Å². The molecule has 0 heterocycles. The van der Waals surface area contributed by atoms with E-state index in [1.165, 1.54) is 0 Å². The van der Waals surface area contributed by atoms with Gasteiger partial charge >= 0.3 is 18.0 Å². The van der Waals surface area contributed by atoms with Crippen LogP contribution in [0.2, 0.25) is 0 Å². The molecule has 0 aromatic heterocycles. The SMILES string of the molecule is COCCOCCNC(=O)N[C@@H](CC(=O)OC)C(=O)O. The summed E-state index contributed by atoms with van der Waals surface area (Å²) < 4.78 is 14.2. The van der Waals surface area contributed by atoms with Gasteiger partial charge in [0.15, 0.2) is 0 Å². The van der Waals surface area contributed by atoms with Gasteiger partial charge in [-0.15, -0.1) is 0 Å². The third-order valence-electron chi connectivity index (χ3n) is 2.17. The van der Waals surface area contributed by atoms with Crippen LogP contribution in [0.3, 0.4) is 0 Å². The average molecular weight is 292 g/mol. The monoisotopic (exact) mass is 292 g/mol. The maximum absolute atomic E-state index is 11.4. The van der Waals surface area contributed by atoms with Crippen LogP contribution in [-0.4, -0.2) is 69.7 Å². The first-order valence-corrected chi connectivity index (χ1v) is 5.92. The Morgan fingerprint density at radius 2 is 1.85 bits per heavy atom. The molecule has 0 unspecified atom stereocenters. The lowest BCUT2D eigenvalue weighted by Gasteiger charge is -2.14. The van der Waals surface area contributed by atoms with Crippen LogP contribution < -0.4 is 10.6 Å². The number of carboxylic acids is 1. The number of hydrogen-bond acceptors (Lipinski definition) is 6. The summed E-state index contributed by atoms with van der Waals surface area (Å²) in [6, 6.07) is -2.03. The fraction of sp³-hybridized carbons (Fsp3) is 0.727. The van der Waals surface area contributed by atoms with E-state index < -0.39 is 30.4 Å². The Balaban J connectivity index is 3.90. The van der Waals surface area contributed by atoms with Crippen LogP contribution >= 0.6 is 0 Å². The molecule has 9 heteroatoms. The molecule has 0 aliphatic heterocycles. The number of rotatable bonds is 10. The van der Waals surface area contributed by atoms with Gasteiger partial charge in [-0.25, -0.2) is 9.59 Å². The lowest BCUT2D eigenvalue weighted by Crippen LogP contribution is -2.47. The molecule has 0 saturated heterocycles. The first kappa shape index (κ1) is 18.1. The number of esters is 1. The van der Waals surface area contributed by atoms with Crippen LogP contribution in [0.25, 0.3) is 0 Å². The molecule has 116 valence electrons. The third kappa shape index (κ3) is 9.11. The molecule has 0 aromatic carbocycles. The summed E-state index contributed by atoms with van der Waals surface area (Å²) in [4.78, 5) is 33.2. The van der Waals surface area contributed by atoms with Crippen molar-refractivity contribution in [2.45, 2.75) is 12.5 Å². The highest BCUT2D eigenvalue weighted by Gasteiger charge is 2.23. The number of aliphatic carboxylic acids is 1. The Morgan fingerprint density at radius 1 is 1.15 bits per heavy atom. The Morgan fingerprint density at radius 3 is 2.40 bits per heavy atom. The zero-order valence-corrected chi connectivity index (χ0v) is 11.5. The molecule has 0 spiro atoms. The van der Waals surface area contributed by atoms with Gasteiger partial charge in [-0.05, 0) is 0 Å². The number of carboxylic acid groups (broad SMARTS) is 1. The molecular weight excluding hydrogens is 272 g/mol. The third-order valence-corrected chi connectivity index (χ3v) is 2.17. The number of amides is 2. The zero-order valence-electron chi connectivity index (χ0n) is 11.5. The van der Waals surface area contributed by atoms with E-state index in [0.29, 0.717) is 13.2 Å². The molecule has 0 bridgehead atoms. The second-order valence-corrected chi connectivity index (χ2v) is 3.68. The molecule has 0 aromatic rings. The fourth-order valence-electron chi connectivity index (χ4n) is 1.14. The Bertz CT molecular complexity index is 322. The quantitative estimate of drug-likeness (QED) is 0.347. The normalized spacial score (nSPS) is 11.5. The van der Waals surface area contributed by atoms with Gasteiger partial charge in [0.2, 0.25) is 0 Å². The molecule has 3 N–H and O–H groups in total. The van der Waals surface area contributed by atoms with Crippen molar-refractivity contribution in [3.05, 3.63) is 0 Å². The van der Waals surface area contributed by atoms with Crippen molar-refractivity contribution in [2.24, 2.45) is 0 Å². The minimum atomic E-state index is -1.34. The topological polar surface area (TPSA) is 123 Å². The minimum absolute atomic E-state index is 0.208. The smallest absolute Gasteiger partial charge is 0.326 e. The van der Waals surface area contributed by atoms with Crippen molar-refractivity contribution in [1.29, 1.82) is 0 Å². The van der Waals surface area contributed by atoms with Gasteiger partial charge in [0.1, 0.15) is 6.04 Å². The number of ether oxygens (including phenoxy) is 3. The van der Waals surface area contributed by atoms with E-state index in [0.717, 1.165) is 7.11 Å². The molecule has 9 nitrogen and oxygen atoms in total. The van der Waals surface area contributed by atoms with Gasteiger partial charge in [0, 0.05) is 13.7 Å². The lowest BCUT2D eigenvalue weighted by atomic mass is 10.2. The molecule has 0 aliphatic carbocycles. The summed E-state index contributed by atoms with van der Waals surface area (Å²) in [5, 5.41) is 13.4. The van der Waals surface area contributed by atoms with E-state index in [1.54, 1.807) is 7.11 Å². The van der Waals surface area contributed by atoms with E-state index in [-0.39, 0.29) is 13.2 Å². The summed E-state index contributed by atoms with van der Waals surface area (Å²) in [7, 11) is 2.68. The minimum Gasteiger partial charge on any atom is -0.480 e. The largest absolute Gasteiger partial charge is 0.480 e. The maximum Gasteiger partial charge on any atom is 0.326 e. The van der Waals surface area contributed by atoms with Crippen LogP contribution in [0.4, 0.5) is 4.79 Å². The fourth-order valence-corrected chi connectivity index (χ4v) is 1.14. The second kappa shape index (κ2) is 11.0. The summed E-state index contributed by atoms with van der Waals surface area (Å²) in [5.41, 5.74) is 0. The summed E-state index contributed by atoms with van der Waals surface area (Å²) in [6.07, 6.45) is -0.441. The molecule has 0 radical (unpaired) electrons. The summed E-state index contributed by atoms with van der Waals surface area (Å²) in [6.45, 7) is 1.33. The van der Waals surface area contributed by atoms with Crippen molar-refractivity contribution >= 4 is 18.0 Å². The number of carbonyl (C=O) groups is 3. The van der Waals surface area contributed by atoms with Crippen LogP contribution in [0.5, 0.6) is 0 Å². The number of methoxy groups -OCH3 is 2. The Labute approximate surface area is 116 Å². The van der Waals surface area contributed by atoms with Gasteiger partial charge in [0.25, 0.3) is 0 Å². The molecule has 0 fully saturated rings. The van der Waals surface area contributed by atoms with Crippen molar-refractivity contribution < 1.29 is 33.7 Å². The summed E-state index contributed by atoms with van der Waals surface area (Å²) in [5.74, 6) is -2.04. The van der Waals surface area contributed by atoms with Gasteiger partial charge in [0.05, 0.1) is 33.4 Å². The Hall–Kier alpha value is -1.87. The number of urea groups is 1. The first-order chi connectivity index (χ1) is 9.51.